The molecule has 1 aliphatic carbocycles. The van der Waals surface area contributed by atoms with Crippen molar-refractivity contribution >= 4 is 22.5 Å². The summed E-state index contributed by atoms with van der Waals surface area (Å²) in [6.07, 6.45) is 4.70. The molecule has 1 fully saturated rings. The number of anilines is 1. The van der Waals surface area contributed by atoms with Gasteiger partial charge < -0.3 is 16.4 Å². The third-order valence-electron chi connectivity index (χ3n) is 4.89. The molecule has 2 aromatic rings. The van der Waals surface area contributed by atoms with Crippen LogP contribution in [0.5, 0.6) is 0 Å². The summed E-state index contributed by atoms with van der Waals surface area (Å²) in [5.41, 5.74) is 6.58. The Hall–Kier alpha value is -2.07. The van der Waals surface area contributed by atoms with E-state index in [0.29, 0.717) is 11.8 Å². The molecule has 0 unspecified atom stereocenters. The minimum Gasteiger partial charge on any atom is -0.338 e. The number of fused-ring (bicyclic) bond motifs is 1. The minimum atomic E-state index is -0.123. The van der Waals surface area contributed by atoms with Crippen LogP contribution in [0.3, 0.4) is 0 Å². The van der Waals surface area contributed by atoms with Gasteiger partial charge in [0.25, 0.3) is 0 Å². The number of carbonyl (C=O) groups excluding carboxylic acids is 1. The van der Waals surface area contributed by atoms with Crippen molar-refractivity contribution in [3.8, 4) is 0 Å². The summed E-state index contributed by atoms with van der Waals surface area (Å²) in [7, 11) is 0. The second-order valence-corrected chi connectivity index (χ2v) is 6.48. The summed E-state index contributed by atoms with van der Waals surface area (Å²) < 4.78 is 0. The van der Waals surface area contributed by atoms with Gasteiger partial charge in [0.05, 0.1) is 5.69 Å². The van der Waals surface area contributed by atoms with E-state index in [2.05, 4.69) is 10.6 Å². The lowest BCUT2D eigenvalue weighted by Crippen LogP contribution is -2.35. The van der Waals surface area contributed by atoms with E-state index in [1.165, 1.54) is 12.8 Å². The van der Waals surface area contributed by atoms with E-state index in [1.807, 2.05) is 42.5 Å². The molecule has 0 aromatic heterocycles. The molecular formula is C19H25N3O. The lowest BCUT2D eigenvalue weighted by molar-refractivity contribution is 0.241. The van der Waals surface area contributed by atoms with Gasteiger partial charge in [0.2, 0.25) is 0 Å². The van der Waals surface area contributed by atoms with Crippen LogP contribution in [-0.4, -0.2) is 19.1 Å². The number of nitrogens with two attached hydrogens (primary N) is 1. The molecule has 2 amide bonds. The van der Waals surface area contributed by atoms with Crippen molar-refractivity contribution in [1.82, 2.24) is 5.32 Å². The number of urea groups is 1. The largest absolute Gasteiger partial charge is 0.338 e. The Morgan fingerprint density at radius 2 is 1.70 bits per heavy atom. The topological polar surface area (TPSA) is 67.1 Å². The summed E-state index contributed by atoms with van der Waals surface area (Å²) in [6, 6.07) is 13.9. The number of rotatable bonds is 4. The van der Waals surface area contributed by atoms with Gasteiger partial charge in [0, 0.05) is 11.9 Å². The van der Waals surface area contributed by atoms with Crippen molar-refractivity contribution in [1.29, 1.82) is 0 Å². The summed E-state index contributed by atoms with van der Waals surface area (Å²) in [5, 5.41) is 8.19. The van der Waals surface area contributed by atoms with Gasteiger partial charge in [-0.25, -0.2) is 4.79 Å². The Morgan fingerprint density at radius 3 is 2.48 bits per heavy atom. The first kappa shape index (κ1) is 15.8. The van der Waals surface area contributed by atoms with Crippen molar-refractivity contribution in [2.24, 2.45) is 17.6 Å². The van der Waals surface area contributed by atoms with E-state index < -0.39 is 0 Å². The van der Waals surface area contributed by atoms with Crippen molar-refractivity contribution in [3.05, 3.63) is 42.5 Å². The third kappa shape index (κ3) is 4.02. The highest BCUT2D eigenvalue weighted by molar-refractivity contribution is 6.01. The number of benzene rings is 2. The quantitative estimate of drug-likeness (QED) is 0.805. The fourth-order valence-electron chi connectivity index (χ4n) is 3.41. The third-order valence-corrected chi connectivity index (χ3v) is 4.89. The monoisotopic (exact) mass is 311 g/mol. The molecule has 1 aliphatic rings. The molecule has 4 nitrogen and oxygen atoms in total. The molecule has 0 bridgehead atoms. The van der Waals surface area contributed by atoms with Gasteiger partial charge in [-0.1, -0.05) is 36.4 Å². The molecule has 0 aliphatic heterocycles. The number of carbonyl (C=O) groups is 1. The van der Waals surface area contributed by atoms with Crippen molar-refractivity contribution in [2.75, 3.05) is 18.4 Å². The summed E-state index contributed by atoms with van der Waals surface area (Å²) in [6.45, 7) is 1.54. The smallest absolute Gasteiger partial charge is 0.319 e. The van der Waals surface area contributed by atoms with Crippen LogP contribution in [-0.2, 0) is 0 Å². The van der Waals surface area contributed by atoms with Crippen molar-refractivity contribution < 1.29 is 4.79 Å². The molecule has 4 N–H and O–H groups in total. The number of nitrogens with one attached hydrogen (secondary N) is 2. The molecule has 3 rings (SSSR count). The molecule has 23 heavy (non-hydrogen) atoms. The van der Waals surface area contributed by atoms with E-state index in [4.69, 9.17) is 5.73 Å². The van der Waals surface area contributed by atoms with Gasteiger partial charge in [0.1, 0.15) is 0 Å². The summed E-state index contributed by atoms with van der Waals surface area (Å²) in [4.78, 5) is 12.2. The first-order valence-corrected chi connectivity index (χ1v) is 8.49. The Kier molecular flexibility index (Phi) is 5.13. The van der Waals surface area contributed by atoms with E-state index in [1.54, 1.807) is 0 Å². The van der Waals surface area contributed by atoms with Crippen molar-refractivity contribution in [2.45, 2.75) is 25.7 Å². The Bertz CT molecular complexity index is 657. The maximum absolute atomic E-state index is 12.2. The van der Waals surface area contributed by atoms with Crippen LogP contribution in [0.25, 0.3) is 10.8 Å². The van der Waals surface area contributed by atoms with Crippen LogP contribution >= 0.6 is 0 Å². The minimum absolute atomic E-state index is 0.123. The summed E-state index contributed by atoms with van der Waals surface area (Å²) >= 11 is 0. The van der Waals surface area contributed by atoms with Gasteiger partial charge in [-0.3, -0.25) is 0 Å². The number of hydrogen-bond acceptors (Lipinski definition) is 2. The molecule has 0 heterocycles. The predicted molar refractivity (Wildman–Crippen MR) is 95.5 cm³/mol. The zero-order valence-electron chi connectivity index (χ0n) is 13.4. The molecule has 4 heteroatoms. The van der Waals surface area contributed by atoms with Gasteiger partial charge in [0.15, 0.2) is 0 Å². The fraction of sp³-hybridized carbons (Fsp3) is 0.421. The maximum atomic E-state index is 12.2. The number of amides is 2. The zero-order chi connectivity index (χ0) is 16.1. The highest BCUT2D eigenvalue weighted by Gasteiger charge is 2.20. The van der Waals surface area contributed by atoms with Gasteiger partial charge in [-0.2, -0.15) is 0 Å². The van der Waals surface area contributed by atoms with E-state index in [9.17, 15) is 4.79 Å². The molecular weight excluding hydrogens is 286 g/mol. The molecule has 0 atom stereocenters. The van der Waals surface area contributed by atoms with Gasteiger partial charge >= 0.3 is 6.03 Å². The standard InChI is InChI=1S/C19H25N3O/c20-12-14-8-10-15(11-9-14)13-21-19(23)22-18-7-3-5-16-4-1-2-6-17(16)18/h1-7,14-15H,8-13,20H2,(H2,21,22,23). The Labute approximate surface area is 137 Å². The highest BCUT2D eigenvalue weighted by atomic mass is 16.2. The molecule has 1 saturated carbocycles. The normalized spacial score (nSPS) is 21.1. The average Bonchev–Trinajstić information content (AvgIpc) is 2.61. The maximum Gasteiger partial charge on any atom is 0.319 e. The highest BCUT2D eigenvalue weighted by Crippen LogP contribution is 2.27. The molecule has 0 spiro atoms. The van der Waals surface area contributed by atoms with Crippen LogP contribution in [0, 0.1) is 11.8 Å². The molecule has 0 radical (unpaired) electrons. The molecule has 122 valence electrons. The number of hydrogen-bond donors (Lipinski definition) is 3. The fourth-order valence-corrected chi connectivity index (χ4v) is 3.41. The first-order valence-electron chi connectivity index (χ1n) is 8.49. The van der Waals surface area contributed by atoms with Crippen LogP contribution in [0.4, 0.5) is 10.5 Å². The van der Waals surface area contributed by atoms with Gasteiger partial charge in [-0.15, -0.1) is 0 Å². The second kappa shape index (κ2) is 7.47. The first-order chi connectivity index (χ1) is 11.3. The average molecular weight is 311 g/mol. The van der Waals surface area contributed by atoms with Gasteiger partial charge in [-0.05, 0) is 55.5 Å². The van der Waals surface area contributed by atoms with E-state index in [0.717, 1.165) is 42.4 Å². The van der Waals surface area contributed by atoms with Crippen LogP contribution in [0.1, 0.15) is 25.7 Å². The Morgan fingerprint density at radius 1 is 1.00 bits per heavy atom. The molecule has 2 aromatic carbocycles. The lowest BCUT2D eigenvalue weighted by atomic mass is 9.82. The van der Waals surface area contributed by atoms with Crippen molar-refractivity contribution in [3.63, 3.8) is 0 Å². The predicted octanol–water partition coefficient (Wildman–Crippen LogP) is 3.73. The zero-order valence-corrected chi connectivity index (χ0v) is 13.4. The van der Waals surface area contributed by atoms with Crippen LogP contribution in [0.2, 0.25) is 0 Å². The SMILES string of the molecule is NCC1CCC(CNC(=O)Nc2cccc3ccccc23)CC1. The Balaban J connectivity index is 1.53. The van der Waals surface area contributed by atoms with E-state index in [-0.39, 0.29) is 6.03 Å². The van der Waals surface area contributed by atoms with Crippen LogP contribution in [0.15, 0.2) is 42.5 Å². The second-order valence-electron chi connectivity index (χ2n) is 6.48. The van der Waals surface area contributed by atoms with Crippen LogP contribution < -0.4 is 16.4 Å². The van der Waals surface area contributed by atoms with E-state index >= 15 is 0 Å². The summed E-state index contributed by atoms with van der Waals surface area (Å²) in [5.74, 6) is 1.26. The molecule has 0 saturated heterocycles. The lowest BCUT2D eigenvalue weighted by Gasteiger charge is -2.27.